The first-order valence-electron chi connectivity index (χ1n) is 7.98. The minimum Gasteiger partial charge on any atom is -0.449 e. The third-order valence-electron chi connectivity index (χ3n) is 4.05. The molecule has 7 heteroatoms. The van der Waals surface area contributed by atoms with E-state index in [1.54, 1.807) is 0 Å². The average molecular weight is 362 g/mol. The van der Waals surface area contributed by atoms with Crippen molar-refractivity contribution < 1.29 is 4.42 Å². The summed E-state index contributed by atoms with van der Waals surface area (Å²) < 4.78 is 5.60. The Labute approximate surface area is 152 Å². The molecule has 4 rings (SSSR count). The number of benzene rings is 1. The number of H-pyrrole nitrogens is 1. The predicted octanol–water partition coefficient (Wildman–Crippen LogP) is 3.85. The Kier molecular flexibility index (Phi) is 3.98. The van der Waals surface area contributed by atoms with E-state index in [1.165, 1.54) is 11.8 Å². The number of nitriles is 1. The van der Waals surface area contributed by atoms with Gasteiger partial charge in [-0.2, -0.15) is 5.26 Å². The Morgan fingerprint density at radius 2 is 2.08 bits per heavy atom. The standard InChI is InChI=1S/C19H14N4O2S/c1-10-7-11(2)21-19(13(10)8-20)26-9-15-22-16-12-5-3-4-6-14(12)25-17(16)18(24)23-15/h3-7H,9H2,1-2H3,(H,22,23,24). The predicted molar refractivity (Wildman–Crippen MR) is 100 cm³/mol. The number of aromatic nitrogens is 3. The summed E-state index contributed by atoms with van der Waals surface area (Å²) in [7, 11) is 0. The topological polar surface area (TPSA) is 95.6 Å². The molecule has 0 spiro atoms. The van der Waals surface area contributed by atoms with Gasteiger partial charge in [0.1, 0.15) is 28.0 Å². The fourth-order valence-corrected chi connectivity index (χ4v) is 3.87. The maximum absolute atomic E-state index is 12.3. The highest BCUT2D eigenvalue weighted by molar-refractivity contribution is 7.98. The van der Waals surface area contributed by atoms with Crippen molar-refractivity contribution >= 4 is 33.8 Å². The second-order valence-corrected chi connectivity index (χ2v) is 6.91. The monoisotopic (exact) mass is 362 g/mol. The van der Waals surface area contributed by atoms with E-state index in [2.05, 4.69) is 21.0 Å². The van der Waals surface area contributed by atoms with Crippen LogP contribution in [0.1, 0.15) is 22.6 Å². The van der Waals surface area contributed by atoms with E-state index in [0.717, 1.165) is 16.6 Å². The van der Waals surface area contributed by atoms with Gasteiger partial charge in [-0.3, -0.25) is 4.79 Å². The summed E-state index contributed by atoms with van der Waals surface area (Å²) >= 11 is 1.38. The van der Waals surface area contributed by atoms with Crippen LogP contribution in [0.4, 0.5) is 0 Å². The minimum atomic E-state index is -0.310. The molecule has 4 aromatic rings. The Balaban J connectivity index is 1.74. The minimum absolute atomic E-state index is 0.224. The molecule has 0 unspecified atom stereocenters. The SMILES string of the molecule is Cc1cc(C)c(C#N)c(SCc2nc3c(oc4ccccc43)c(=O)[nH]2)n1. The molecular formula is C19H14N4O2S. The Hall–Kier alpha value is -3.11. The van der Waals surface area contributed by atoms with Gasteiger partial charge in [-0.05, 0) is 37.6 Å². The number of para-hydroxylation sites is 1. The lowest BCUT2D eigenvalue weighted by Crippen LogP contribution is -2.10. The first-order chi connectivity index (χ1) is 12.6. The van der Waals surface area contributed by atoms with E-state index in [9.17, 15) is 10.1 Å². The second-order valence-electron chi connectivity index (χ2n) is 5.95. The zero-order chi connectivity index (χ0) is 18.3. The number of aromatic amines is 1. The molecule has 6 nitrogen and oxygen atoms in total. The van der Waals surface area contributed by atoms with Gasteiger partial charge in [0.2, 0.25) is 5.58 Å². The Morgan fingerprint density at radius 3 is 2.88 bits per heavy atom. The van der Waals surface area contributed by atoms with Crippen LogP contribution < -0.4 is 5.56 Å². The molecule has 0 amide bonds. The summed E-state index contributed by atoms with van der Waals surface area (Å²) in [6, 6.07) is 11.5. The van der Waals surface area contributed by atoms with E-state index in [0.29, 0.717) is 33.3 Å². The third-order valence-corrected chi connectivity index (χ3v) is 5.04. The third kappa shape index (κ3) is 2.74. The molecule has 1 N–H and O–H groups in total. The molecule has 0 bridgehead atoms. The normalized spacial score (nSPS) is 11.1. The van der Waals surface area contributed by atoms with Crippen molar-refractivity contribution in [3.63, 3.8) is 0 Å². The van der Waals surface area contributed by atoms with E-state index in [4.69, 9.17) is 4.42 Å². The number of pyridine rings is 1. The molecule has 0 fully saturated rings. The van der Waals surface area contributed by atoms with E-state index >= 15 is 0 Å². The number of aryl methyl sites for hydroxylation is 2. The zero-order valence-electron chi connectivity index (χ0n) is 14.2. The van der Waals surface area contributed by atoms with Gasteiger partial charge in [0, 0.05) is 11.1 Å². The molecule has 0 aliphatic heterocycles. The molecule has 3 aromatic heterocycles. The molecule has 0 radical (unpaired) electrons. The number of nitrogens with zero attached hydrogens (tertiary/aromatic N) is 3. The maximum atomic E-state index is 12.3. The van der Waals surface area contributed by atoms with Gasteiger partial charge in [-0.15, -0.1) is 0 Å². The van der Waals surface area contributed by atoms with E-state index < -0.39 is 0 Å². The van der Waals surface area contributed by atoms with Crippen molar-refractivity contribution in [2.75, 3.05) is 0 Å². The summed E-state index contributed by atoms with van der Waals surface area (Å²) in [5, 5.41) is 10.8. The number of rotatable bonds is 3. The number of fused-ring (bicyclic) bond motifs is 3. The number of nitrogens with one attached hydrogen (secondary N) is 1. The van der Waals surface area contributed by atoms with Gasteiger partial charge in [-0.1, -0.05) is 23.9 Å². The van der Waals surface area contributed by atoms with Gasteiger partial charge < -0.3 is 9.40 Å². The molecule has 0 saturated heterocycles. The Morgan fingerprint density at radius 1 is 1.27 bits per heavy atom. The lowest BCUT2D eigenvalue weighted by molar-refractivity contribution is 0.660. The smallest absolute Gasteiger partial charge is 0.294 e. The van der Waals surface area contributed by atoms with Crippen LogP contribution in [0, 0.1) is 25.2 Å². The van der Waals surface area contributed by atoms with Crippen molar-refractivity contribution in [1.29, 1.82) is 5.26 Å². The fourth-order valence-electron chi connectivity index (χ4n) is 2.90. The molecular weight excluding hydrogens is 348 g/mol. The van der Waals surface area contributed by atoms with Gasteiger partial charge in [0.25, 0.3) is 5.56 Å². The average Bonchev–Trinajstić information content (AvgIpc) is 2.99. The maximum Gasteiger partial charge on any atom is 0.294 e. The van der Waals surface area contributed by atoms with Crippen LogP contribution in [0.3, 0.4) is 0 Å². The Bertz CT molecular complexity index is 1250. The van der Waals surface area contributed by atoms with Crippen LogP contribution in [0.5, 0.6) is 0 Å². The van der Waals surface area contributed by atoms with Gasteiger partial charge in [0.15, 0.2) is 0 Å². The van der Waals surface area contributed by atoms with Crippen molar-refractivity contribution in [3.8, 4) is 6.07 Å². The largest absolute Gasteiger partial charge is 0.449 e. The second kappa shape index (κ2) is 6.32. The quantitative estimate of drug-likeness (QED) is 0.556. The lowest BCUT2D eigenvalue weighted by atomic mass is 10.1. The number of hydrogen-bond acceptors (Lipinski definition) is 6. The summed E-state index contributed by atoms with van der Waals surface area (Å²) in [6.07, 6.45) is 0. The van der Waals surface area contributed by atoms with Crippen molar-refractivity contribution in [2.45, 2.75) is 24.6 Å². The first kappa shape index (κ1) is 16.4. The van der Waals surface area contributed by atoms with E-state index in [1.807, 2.05) is 44.2 Å². The van der Waals surface area contributed by atoms with Gasteiger partial charge in [-0.25, -0.2) is 9.97 Å². The van der Waals surface area contributed by atoms with Crippen molar-refractivity contribution in [2.24, 2.45) is 0 Å². The summed E-state index contributed by atoms with van der Waals surface area (Å²) in [4.78, 5) is 24.1. The highest BCUT2D eigenvalue weighted by atomic mass is 32.2. The van der Waals surface area contributed by atoms with Gasteiger partial charge >= 0.3 is 0 Å². The summed E-state index contributed by atoms with van der Waals surface area (Å²) in [5.74, 6) is 0.916. The first-order valence-corrected chi connectivity index (χ1v) is 8.97. The van der Waals surface area contributed by atoms with Crippen LogP contribution in [0.2, 0.25) is 0 Å². The molecule has 3 heterocycles. The van der Waals surface area contributed by atoms with Crippen LogP contribution in [-0.2, 0) is 5.75 Å². The van der Waals surface area contributed by atoms with Crippen LogP contribution in [-0.4, -0.2) is 15.0 Å². The molecule has 26 heavy (non-hydrogen) atoms. The molecule has 128 valence electrons. The molecule has 0 aliphatic carbocycles. The highest BCUT2D eigenvalue weighted by Gasteiger charge is 2.14. The van der Waals surface area contributed by atoms with Crippen molar-refractivity contribution in [3.05, 3.63) is 63.3 Å². The van der Waals surface area contributed by atoms with E-state index in [-0.39, 0.29) is 11.1 Å². The number of furan rings is 1. The van der Waals surface area contributed by atoms with Crippen LogP contribution >= 0.6 is 11.8 Å². The number of thioether (sulfide) groups is 1. The van der Waals surface area contributed by atoms with Crippen LogP contribution in [0.15, 0.2) is 44.6 Å². The molecule has 1 aromatic carbocycles. The van der Waals surface area contributed by atoms with Crippen molar-refractivity contribution in [1.82, 2.24) is 15.0 Å². The van der Waals surface area contributed by atoms with Gasteiger partial charge in [0.05, 0.1) is 11.3 Å². The van der Waals surface area contributed by atoms with Crippen LogP contribution in [0.25, 0.3) is 22.1 Å². The number of hydrogen-bond donors (Lipinski definition) is 1. The molecule has 0 saturated carbocycles. The molecule has 0 aliphatic rings. The zero-order valence-corrected chi connectivity index (χ0v) is 15.0. The highest BCUT2D eigenvalue weighted by Crippen LogP contribution is 2.28. The lowest BCUT2D eigenvalue weighted by Gasteiger charge is -2.07. The molecule has 0 atom stereocenters. The summed E-state index contributed by atoms with van der Waals surface area (Å²) in [5.41, 5.74) is 3.39. The summed E-state index contributed by atoms with van der Waals surface area (Å²) in [6.45, 7) is 3.78. The fraction of sp³-hybridized carbons (Fsp3) is 0.158.